The molecule has 0 aromatic carbocycles. The van der Waals surface area contributed by atoms with Crippen molar-refractivity contribution in [1.82, 2.24) is 10.2 Å². The Morgan fingerprint density at radius 2 is 1.94 bits per heavy atom. The lowest BCUT2D eigenvalue weighted by Gasteiger charge is -2.39. The van der Waals surface area contributed by atoms with Crippen LogP contribution in [-0.4, -0.2) is 29.4 Å². The van der Waals surface area contributed by atoms with E-state index in [0.29, 0.717) is 40.8 Å². The molecule has 8 heteroatoms. The topological polar surface area (TPSA) is 59.3 Å². The first-order valence-corrected chi connectivity index (χ1v) is 12.0. The highest BCUT2D eigenvalue weighted by molar-refractivity contribution is 5.83. The van der Waals surface area contributed by atoms with E-state index in [1.165, 1.54) is 32.1 Å². The third-order valence-corrected chi connectivity index (χ3v) is 7.97. The van der Waals surface area contributed by atoms with E-state index in [9.17, 15) is 23.2 Å². The Labute approximate surface area is 187 Å². The average molecular weight is 454 g/mol. The van der Waals surface area contributed by atoms with Gasteiger partial charge >= 0.3 is 6.18 Å². The molecule has 1 aromatic rings. The van der Waals surface area contributed by atoms with Gasteiger partial charge in [-0.3, -0.25) is 4.79 Å². The number of nitrogens with zero attached hydrogens (tertiary/aromatic N) is 2. The van der Waals surface area contributed by atoms with Crippen LogP contribution in [0.1, 0.15) is 82.0 Å². The van der Waals surface area contributed by atoms with Crippen molar-refractivity contribution in [3.63, 3.8) is 0 Å². The average Bonchev–Trinajstić information content (AvgIpc) is 3.18. The van der Waals surface area contributed by atoms with Gasteiger partial charge in [0.05, 0.1) is 18.4 Å². The number of aromatic nitrogens is 1. The third kappa shape index (κ3) is 4.47. The molecule has 5 nitrogen and oxygen atoms in total. The van der Waals surface area contributed by atoms with Crippen LogP contribution < -0.4 is 10.0 Å². The van der Waals surface area contributed by atoms with Crippen LogP contribution in [0.4, 0.5) is 13.2 Å². The molecule has 4 rings (SSSR count). The quantitative estimate of drug-likeness (QED) is 0.545. The minimum Gasteiger partial charge on any atom is -0.618 e. The first-order chi connectivity index (χ1) is 15.1. The summed E-state index contributed by atoms with van der Waals surface area (Å²) in [4.78, 5) is 15.5. The fourth-order valence-corrected chi connectivity index (χ4v) is 6.02. The summed E-state index contributed by atoms with van der Waals surface area (Å²) in [5.74, 6) is 0.168. The summed E-state index contributed by atoms with van der Waals surface area (Å²) in [5.41, 5.74) is -0.817. The van der Waals surface area contributed by atoms with Gasteiger partial charge in [0.1, 0.15) is 5.56 Å². The Morgan fingerprint density at radius 1 is 1.22 bits per heavy atom. The number of hydrogen-bond donors (Lipinski definition) is 1. The molecule has 0 bridgehead atoms. The van der Waals surface area contributed by atoms with E-state index >= 15 is 0 Å². The van der Waals surface area contributed by atoms with Gasteiger partial charge in [-0.2, -0.15) is 17.9 Å². The molecule has 2 aliphatic carbocycles. The Bertz CT molecular complexity index is 852. The molecule has 3 aliphatic rings. The first kappa shape index (κ1) is 23.3. The first-order valence-electron chi connectivity index (χ1n) is 12.0. The summed E-state index contributed by atoms with van der Waals surface area (Å²) in [6.07, 6.45) is 5.00. The summed E-state index contributed by atoms with van der Waals surface area (Å²) in [6, 6.07) is 1.87. The van der Waals surface area contributed by atoms with Crippen LogP contribution in [0.5, 0.6) is 0 Å². The zero-order valence-electron chi connectivity index (χ0n) is 19.0. The SMILES string of the molecule is CC(C)C1(C(=O)N2CCc3c(cc(C(F)(F)F)c[n+]3[O-])C2)CCC(NC2CCCCC2)C1. The molecule has 32 heavy (non-hydrogen) atoms. The Hall–Kier alpha value is -1.83. The molecule has 1 N–H and O–H groups in total. The summed E-state index contributed by atoms with van der Waals surface area (Å²) in [7, 11) is 0. The maximum atomic E-state index is 13.8. The molecule has 0 saturated heterocycles. The van der Waals surface area contributed by atoms with Gasteiger partial charge in [0.2, 0.25) is 5.91 Å². The maximum absolute atomic E-state index is 13.8. The standard InChI is InChI=1S/C24H34F3N3O2/c1-16(2)23(10-8-20(13-23)28-19-6-4-3-5-7-19)22(31)29-11-9-21-17(14-29)12-18(15-30(21)32)24(25,26)27/h12,15-16,19-20,28H,3-11,13-14H2,1-2H3. The Morgan fingerprint density at radius 3 is 2.59 bits per heavy atom. The van der Waals surface area contributed by atoms with Crippen molar-refractivity contribution < 1.29 is 22.7 Å². The minimum atomic E-state index is -4.59. The van der Waals surface area contributed by atoms with Crippen LogP contribution in [-0.2, 0) is 23.9 Å². The highest BCUT2D eigenvalue weighted by Crippen LogP contribution is 2.47. The fraction of sp³-hybridized carbons (Fsp3) is 0.750. The van der Waals surface area contributed by atoms with Crippen molar-refractivity contribution in [2.24, 2.45) is 11.3 Å². The normalized spacial score (nSPS) is 27.1. The fourth-order valence-electron chi connectivity index (χ4n) is 6.02. The molecule has 2 heterocycles. The number of rotatable bonds is 4. The van der Waals surface area contributed by atoms with Gasteiger partial charge in [0.25, 0.3) is 0 Å². The van der Waals surface area contributed by atoms with Gasteiger partial charge in [-0.1, -0.05) is 33.1 Å². The second-order valence-electron chi connectivity index (χ2n) is 10.3. The Balaban J connectivity index is 1.51. The van der Waals surface area contributed by atoms with Gasteiger partial charge in [0.15, 0.2) is 11.9 Å². The van der Waals surface area contributed by atoms with Crippen LogP contribution >= 0.6 is 0 Å². The smallest absolute Gasteiger partial charge is 0.422 e. The van der Waals surface area contributed by atoms with Gasteiger partial charge in [-0.05, 0) is 44.1 Å². The van der Waals surface area contributed by atoms with Gasteiger partial charge in [-0.15, -0.1) is 0 Å². The molecule has 2 unspecified atom stereocenters. The number of carbonyl (C=O) groups is 1. The number of nitrogens with one attached hydrogen (secondary N) is 1. The largest absolute Gasteiger partial charge is 0.618 e. The van der Waals surface area contributed by atoms with Crippen molar-refractivity contribution in [3.05, 3.63) is 34.3 Å². The van der Waals surface area contributed by atoms with E-state index in [1.54, 1.807) is 4.90 Å². The molecule has 1 amide bonds. The maximum Gasteiger partial charge on any atom is 0.422 e. The number of pyridine rings is 1. The molecule has 0 radical (unpaired) electrons. The monoisotopic (exact) mass is 453 g/mol. The number of hydrogen-bond acceptors (Lipinski definition) is 3. The lowest BCUT2D eigenvalue weighted by Crippen LogP contribution is -2.50. The molecule has 1 aliphatic heterocycles. The van der Waals surface area contributed by atoms with E-state index in [-0.39, 0.29) is 24.8 Å². The van der Waals surface area contributed by atoms with Gasteiger partial charge < -0.3 is 15.4 Å². The van der Waals surface area contributed by atoms with Crippen LogP contribution in [0.25, 0.3) is 0 Å². The van der Waals surface area contributed by atoms with E-state index in [4.69, 9.17) is 0 Å². The van der Waals surface area contributed by atoms with E-state index in [0.717, 1.165) is 25.3 Å². The molecule has 2 fully saturated rings. The number of carbonyl (C=O) groups excluding carboxylic acids is 1. The lowest BCUT2D eigenvalue weighted by atomic mass is 9.74. The summed E-state index contributed by atoms with van der Waals surface area (Å²) in [5, 5.41) is 16.0. The van der Waals surface area contributed by atoms with Crippen molar-refractivity contribution in [2.45, 2.75) is 96.4 Å². The molecule has 1 aromatic heterocycles. The Kier molecular flexibility index (Phi) is 6.45. The number of alkyl halides is 3. The second-order valence-corrected chi connectivity index (χ2v) is 10.3. The number of amides is 1. The highest BCUT2D eigenvalue weighted by atomic mass is 19.4. The van der Waals surface area contributed by atoms with Gasteiger partial charge in [-0.25, -0.2) is 0 Å². The summed E-state index contributed by atoms with van der Waals surface area (Å²) in [6.45, 7) is 4.59. The zero-order valence-corrected chi connectivity index (χ0v) is 19.0. The van der Waals surface area contributed by atoms with Gasteiger partial charge in [0, 0.05) is 24.2 Å². The van der Waals surface area contributed by atoms with E-state index in [2.05, 4.69) is 19.2 Å². The number of fused-ring (bicyclic) bond motifs is 1. The predicted molar refractivity (Wildman–Crippen MR) is 114 cm³/mol. The van der Waals surface area contributed by atoms with Crippen molar-refractivity contribution in [1.29, 1.82) is 0 Å². The minimum absolute atomic E-state index is 0.0287. The molecular weight excluding hydrogens is 419 g/mol. The molecule has 0 spiro atoms. The molecule has 2 atom stereocenters. The van der Waals surface area contributed by atoms with Crippen molar-refractivity contribution >= 4 is 5.91 Å². The summed E-state index contributed by atoms with van der Waals surface area (Å²) < 4.78 is 39.9. The van der Waals surface area contributed by atoms with Crippen molar-refractivity contribution in [3.8, 4) is 0 Å². The molecule has 2 saturated carbocycles. The highest BCUT2D eigenvalue weighted by Gasteiger charge is 2.50. The predicted octanol–water partition coefficient (Wildman–Crippen LogP) is 4.34. The molecular formula is C24H34F3N3O2. The van der Waals surface area contributed by atoms with E-state index < -0.39 is 17.2 Å². The lowest BCUT2D eigenvalue weighted by molar-refractivity contribution is -0.616. The van der Waals surface area contributed by atoms with Crippen LogP contribution in [0.3, 0.4) is 0 Å². The molecule has 178 valence electrons. The third-order valence-electron chi connectivity index (χ3n) is 7.97. The zero-order chi connectivity index (χ0) is 23.1. The van der Waals surface area contributed by atoms with E-state index in [1.807, 2.05) is 0 Å². The number of halogens is 3. The summed E-state index contributed by atoms with van der Waals surface area (Å²) >= 11 is 0. The van der Waals surface area contributed by atoms with Crippen molar-refractivity contribution in [2.75, 3.05) is 6.54 Å². The second kappa shape index (κ2) is 8.84. The van der Waals surface area contributed by atoms with Crippen LogP contribution in [0.2, 0.25) is 0 Å². The van der Waals surface area contributed by atoms with Crippen LogP contribution in [0.15, 0.2) is 12.3 Å². The van der Waals surface area contributed by atoms with Crippen LogP contribution in [0, 0.1) is 16.5 Å².